The molecule has 1 aromatic carbocycles. The summed E-state index contributed by atoms with van der Waals surface area (Å²) in [5.41, 5.74) is 1.44. The number of carbonyl (C=O) groups excluding carboxylic acids is 1. The summed E-state index contributed by atoms with van der Waals surface area (Å²) in [7, 11) is 1.74. The summed E-state index contributed by atoms with van der Waals surface area (Å²) < 4.78 is 24.2. The Morgan fingerprint density at radius 3 is 2.82 bits per heavy atom. The highest BCUT2D eigenvalue weighted by atomic mass is 35.5. The number of benzene rings is 1. The highest BCUT2D eigenvalue weighted by Gasteiger charge is 2.32. The van der Waals surface area contributed by atoms with Gasteiger partial charge in [0.15, 0.2) is 12.5 Å². The Balaban J connectivity index is 0.00000176. The van der Waals surface area contributed by atoms with Crippen molar-refractivity contribution in [2.45, 2.75) is 12.5 Å². The number of hydrogen-bond acceptors (Lipinski definition) is 5. The summed E-state index contributed by atoms with van der Waals surface area (Å²) in [6.45, 7) is 1.49. The average molecular weight is 332 g/mol. The number of nitrogens with zero attached hydrogens (tertiary/aromatic N) is 2. The number of nitrogens with one attached hydrogen (secondary N) is 1. The van der Waals surface area contributed by atoms with Crippen molar-refractivity contribution in [2.24, 2.45) is 0 Å². The van der Waals surface area contributed by atoms with Gasteiger partial charge in [0.05, 0.1) is 19.8 Å². The number of likely N-dealkylation sites (N-methyl/N-ethyl adjacent to an activating group) is 1. The smallest absolute Gasteiger partial charge is 0.416 e. The van der Waals surface area contributed by atoms with Crippen LogP contribution in [0.3, 0.4) is 0 Å². The van der Waals surface area contributed by atoms with Crippen molar-refractivity contribution >= 4 is 29.9 Å². The van der Waals surface area contributed by atoms with Gasteiger partial charge in [0.2, 0.25) is 0 Å². The fraction of sp³-hybridized carbons (Fsp3) is 0.500. The number of anilines is 2. The molecular weight excluding hydrogens is 313 g/mol. The number of hydrogen-bond donors (Lipinski definition) is 1. The van der Waals surface area contributed by atoms with Crippen LogP contribution in [0.2, 0.25) is 0 Å². The molecule has 0 spiro atoms. The molecule has 1 N–H and O–H groups in total. The molecule has 2 aliphatic rings. The molecular formula is C14H19ClFN3O3. The van der Waals surface area contributed by atoms with E-state index in [9.17, 15) is 9.18 Å². The molecule has 2 fully saturated rings. The highest BCUT2D eigenvalue weighted by Crippen LogP contribution is 2.28. The monoisotopic (exact) mass is 331 g/mol. The summed E-state index contributed by atoms with van der Waals surface area (Å²) in [4.78, 5) is 15.0. The van der Waals surface area contributed by atoms with Crippen molar-refractivity contribution in [3.63, 3.8) is 0 Å². The van der Waals surface area contributed by atoms with E-state index in [1.165, 1.54) is 0 Å². The van der Waals surface area contributed by atoms with Gasteiger partial charge in [0.25, 0.3) is 0 Å². The zero-order chi connectivity index (χ0) is 14.8. The lowest BCUT2D eigenvalue weighted by Gasteiger charge is -2.32. The molecule has 0 bridgehead atoms. The van der Waals surface area contributed by atoms with Gasteiger partial charge in [-0.3, -0.25) is 10.2 Å². The van der Waals surface area contributed by atoms with Crippen LogP contribution in [0.1, 0.15) is 0 Å². The first-order valence-corrected chi connectivity index (χ1v) is 6.93. The predicted molar refractivity (Wildman–Crippen MR) is 83.4 cm³/mol. The third-order valence-electron chi connectivity index (χ3n) is 3.68. The van der Waals surface area contributed by atoms with E-state index in [1.54, 1.807) is 22.9 Å². The number of ether oxygens (including phenoxy) is 2. The first-order valence-electron chi connectivity index (χ1n) is 6.93. The quantitative estimate of drug-likeness (QED) is 0.855. The number of morpholine rings is 1. The van der Waals surface area contributed by atoms with Crippen LogP contribution in [0.25, 0.3) is 0 Å². The van der Waals surface area contributed by atoms with E-state index < -0.39 is 12.4 Å². The van der Waals surface area contributed by atoms with Crippen LogP contribution in [-0.4, -0.2) is 52.0 Å². The zero-order valence-corrected chi connectivity index (χ0v) is 13.0. The normalized spacial score (nSPS) is 24.9. The van der Waals surface area contributed by atoms with Gasteiger partial charge in [-0.05, 0) is 25.2 Å². The molecule has 2 aliphatic heterocycles. The Morgan fingerprint density at radius 1 is 1.36 bits per heavy atom. The lowest BCUT2D eigenvalue weighted by molar-refractivity contribution is 0.0497. The number of carbonyl (C=O) groups is 1. The third kappa shape index (κ3) is 3.26. The number of halogens is 2. The molecule has 122 valence electrons. The van der Waals surface area contributed by atoms with Crippen molar-refractivity contribution in [3.05, 3.63) is 24.3 Å². The Morgan fingerprint density at radius 2 is 2.14 bits per heavy atom. The molecule has 2 heterocycles. The molecule has 0 aromatic heterocycles. The maximum atomic E-state index is 13.9. The average Bonchev–Trinajstić information content (AvgIpc) is 2.89. The lowest BCUT2D eigenvalue weighted by atomic mass is 10.2. The number of amides is 1. The van der Waals surface area contributed by atoms with Crippen LogP contribution < -0.4 is 15.1 Å². The van der Waals surface area contributed by atoms with Crippen LogP contribution >= 0.6 is 12.4 Å². The van der Waals surface area contributed by atoms with Crippen LogP contribution in [0, 0.1) is 0 Å². The Hall–Kier alpha value is -1.57. The summed E-state index contributed by atoms with van der Waals surface area (Å²) in [6, 6.07) is 7.26. The number of rotatable bonds is 3. The van der Waals surface area contributed by atoms with E-state index in [0.717, 1.165) is 5.69 Å². The molecule has 3 rings (SSSR count). The van der Waals surface area contributed by atoms with Gasteiger partial charge < -0.3 is 14.4 Å². The summed E-state index contributed by atoms with van der Waals surface area (Å²) in [5, 5.41) is 2.91. The molecule has 6 nitrogen and oxygen atoms in total. The van der Waals surface area contributed by atoms with Crippen LogP contribution in [-0.2, 0) is 9.47 Å². The van der Waals surface area contributed by atoms with Crippen molar-refractivity contribution < 1.29 is 18.7 Å². The van der Waals surface area contributed by atoms with Gasteiger partial charge in [0, 0.05) is 17.9 Å². The maximum absolute atomic E-state index is 13.9. The number of alkyl halides is 1. The maximum Gasteiger partial charge on any atom is 0.416 e. The van der Waals surface area contributed by atoms with E-state index in [4.69, 9.17) is 9.47 Å². The van der Waals surface area contributed by atoms with Gasteiger partial charge in [-0.1, -0.05) is 6.07 Å². The van der Waals surface area contributed by atoms with E-state index in [0.29, 0.717) is 25.4 Å². The topological polar surface area (TPSA) is 54.0 Å². The standard InChI is InChI=1S/C14H18FN3O3.ClH/c1-16-13-8-18(14(19)21-13)11-4-2-3-10(7-11)17-5-6-20-9-12(17)15;/h2-4,7,12-13,16H,5-6,8-9H2,1H3;1H/t12?,13-;/m0./s1. The third-order valence-corrected chi connectivity index (χ3v) is 3.68. The highest BCUT2D eigenvalue weighted by molar-refractivity contribution is 5.90. The van der Waals surface area contributed by atoms with E-state index in [2.05, 4.69) is 5.32 Å². The minimum absolute atomic E-state index is 0. The minimum Gasteiger partial charge on any atom is -0.428 e. The molecule has 1 aromatic rings. The van der Waals surface area contributed by atoms with Gasteiger partial charge in [-0.15, -0.1) is 12.4 Å². The van der Waals surface area contributed by atoms with E-state index in [-0.39, 0.29) is 25.2 Å². The molecule has 0 aliphatic carbocycles. The molecule has 2 saturated heterocycles. The Labute approximate surface area is 134 Å². The van der Waals surface area contributed by atoms with E-state index >= 15 is 0 Å². The zero-order valence-electron chi connectivity index (χ0n) is 12.2. The molecule has 0 saturated carbocycles. The first-order chi connectivity index (χ1) is 10.2. The van der Waals surface area contributed by atoms with Crippen LogP contribution in [0.15, 0.2) is 24.3 Å². The molecule has 22 heavy (non-hydrogen) atoms. The van der Waals surface area contributed by atoms with Gasteiger partial charge in [-0.2, -0.15) is 0 Å². The summed E-state index contributed by atoms with van der Waals surface area (Å²) >= 11 is 0. The fourth-order valence-corrected chi connectivity index (χ4v) is 2.53. The Kier molecular flexibility index (Phi) is 5.44. The number of cyclic esters (lactones) is 1. The molecule has 1 unspecified atom stereocenters. The molecule has 8 heteroatoms. The largest absolute Gasteiger partial charge is 0.428 e. The lowest BCUT2D eigenvalue weighted by Crippen LogP contribution is -2.43. The van der Waals surface area contributed by atoms with Crippen molar-refractivity contribution in [1.29, 1.82) is 0 Å². The summed E-state index contributed by atoms with van der Waals surface area (Å²) in [5.74, 6) is 0. The first kappa shape index (κ1) is 16.8. The summed E-state index contributed by atoms with van der Waals surface area (Å²) in [6.07, 6.45) is -1.88. The van der Waals surface area contributed by atoms with Crippen molar-refractivity contribution in [3.8, 4) is 0 Å². The SMILES string of the molecule is CN[C@@H]1CN(c2cccc(N3CCOCC3F)c2)C(=O)O1.Cl. The second-order valence-electron chi connectivity index (χ2n) is 4.99. The van der Waals surface area contributed by atoms with E-state index in [1.807, 2.05) is 18.2 Å². The van der Waals surface area contributed by atoms with Crippen molar-refractivity contribution in [1.82, 2.24) is 5.32 Å². The van der Waals surface area contributed by atoms with Crippen LogP contribution in [0.5, 0.6) is 0 Å². The second kappa shape index (κ2) is 7.13. The van der Waals surface area contributed by atoms with Gasteiger partial charge >= 0.3 is 6.09 Å². The predicted octanol–water partition coefficient (Wildman–Crippen LogP) is 1.74. The fourth-order valence-electron chi connectivity index (χ4n) is 2.53. The molecule has 1 amide bonds. The Bertz CT molecular complexity index is 534. The molecule has 0 radical (unpaired) electrons. The van der Waals surface area contributed by atoms with Gasteiger partial charge in [-0.25, -0.2) is 9.18 Å². The van der Waals surface area contributed by atoms with Crippen LogP contribution in [0.4, 0.5) is 20.6 Å². The second-order valence-corrected chi connectivity index (χ2v) is 4.99. The molecule has 2 atom stereocenters. The minimum atomic E-state index is -1.16. The van der Waals surface area contributed by atoms with Crippen molar-refractivity contribution in [2.75, 3.05) is 43.2 Å². The van der Waals surface area contributed by atoms with Gasteiger partial charge in [0.1, 0.15) is 0 Å².